The number of rotatable bonds is 5. The Kier molecular flexibility index (Phi) is 8.32. The topological polar surface area (TPSA) is 3.24 Å². The second-order valence-corrected chi connectivity index (χ2v) is 19.5. The summed E-state index contributed by atoms with van der Waals surface area (Å²) in [7, 11) is 0. The Bertz CT molecular complexity index is 3700. The van der Waals surface area contributed by atoms with Crippen LogP contribution in [0, 0.1) is 13.8 Å². The summed E-state index contributed by atoms with van der Waals surface area (Å²) in [6.45, 7) is 9.98. The normalized spacial score (nSPS) is 18.3. The first-order valence-corrected chi connectivity index (χ1v) is 23.6. The van der Waals surface area contributed by atoms with Crippen molar-refractivity contribution in [3.63, 3.8) is 0 Å². The highest BCUT2D eigenvalue weighted by Gasteiger charge is 2.59. The Morgan fingerprint density at radius 2 is 0.877 bits per heavy atom. The molecule has 0 radical (unpaired) electrons. The monoisotopic (exact) mass is 833 g/mol. The molecule has 11 aromatic carbocycles. The average molecular weight is 834 g/mol. The van der Waals surface area contributed by atoms with E-state index in [2.05, 4.69) is 221 Å². The first kappa shape index (κ1) is 38.3. The van der Waals surface area contributed by atoms with Crippen LogP contribution in [-0.2, 0) is 5.41 Å². The summed E-state index contributed by atoms with van der Waals surface area (Å²) in [5.74, 6) is 0. The maximum absolute atomic E-state index is 2.75. The van der Waals surface area contributed by atoms with Gasteiger partial charge in [0, 0.05) is 16.8 Å². The lowest BCUT2D eigenvalue weighted by molar-refractivity contribution is 0.194. The Morgan fingerprint density at radius 1 is 0.400 bits per heavy atom. The van der Waals surface area contributed by atoms with Gasteiger partial charge in [-0.15, -0.1) is 0 Å². The fourth-order valence-corrected chi connectivity index (χ4v) is 13.1. The molecule has 0 amide bonds. The van der Waals surface area contributed by atoms with Gasteiger partial charge in [-0.25, -0.2) is 0 Å². The molecule has 1 heterocycles. The lowest BCUT2D eigenvalue weighted by Gasteiger charge is -2.50. The molecule has 2 unspecified atom stereocenters. The molecule has 0 aromatic heterocycles. The van der Waals surface area contributed by atoms with E-state index in [9.17, 15) is 0 Å². The van der Waals surface area contributed by atoms with Crippen LogP contribution in [0.25, 0.3) is 98.4 Å². The van der Waals surface area contributed by atoms with Crippen molar-refractivity contribution in [2.45, 2.75) is 64.3 Å². The van der Waals surface area contributed by atoms with E-state index in [0.717, 1.165) is 0 Å². The highest BCUT2D eigenvalue weighted by Crippen LogP contribution is 2.63. The standard InChI is InChI=1S/C64H51N/c1-40-37-54(41(2)61-62(40)65(45-25-9-6-10-26-45)64(4)36-16-15-35-63(61,64)3)58-39-57(49-30-18-24-43-22-12-14-28-47(43)49)52-32-31-50-55(44-19-7-5-8-20-44)38-56(51-33-34-53(58)60(52)59(50)51)48-29-17-23-42-21-11-13-27-46(42)48/h5-14,17-34,37-39H,15-16,35-36H2,1-4H3. The van der Waals surface area contributed by atoms with Gasteiger partial charge in [0.25, 0.3) is 0 Å². The van der Waals surface area contributed by atoms with Crippen molar-refractivity contribution in [2.24, 2.45) is 0 Å². The molecule has 1 saturated carbocycles. The molecule has 0 N–H and O–H groups in total. The molecular weight excluding hydrogens is 783 g/mol. The van der Waals surface area contributed by atoms with Crippen LogP contribution in [0.5, 0.6) is 0 Å². The molecule has 1 nitrogen and oxygen atoms in total. The van der Waals surface area contributed by atoms with Crippen molar-refractivity contribution >= 4 is 65.2 Å². The molecule has 2 atom stereocenters. The van der Waals surface area contributed by atoms with Crippen molar-refractivity contribution in [3.05, 3.63) is 205 Å². The molecule has 0 bridgehead atoms. The van der Waals surface area contributed by atoms with Crippen molar-refractivity contribution in [1.29, 1.82) is 0 Å². The highest BCUT2D eigenvalue weighted by molar-refractivity contribution is 6.33. The fraction of sp³-hybridized carbons (Fsp3) is 0.156. The summed E-state index contributed by atoms with van der Waals surface area (Å²) in [5, 5.41) is 13.0. The van der Waals surface area contributed by atoms with Gasteiger partial charge in [-0.05, 0) is 179 Å². The van der Waals surface area contributed by atoms with Gasteiger partial charge in [0.1, 0.15) is 0 Å². The van der Waals surface area contributed by atoms with Crippen LogP contribution in [-0.4, -0.2) is 5.54 Å². The molecule has 0 saturated heterocycles. The third kappa shape index (κ3) is 5.33. The quantitative estimate of drug-likeness (QED) is 0.156. The zero-order chi connectivity index (χ0) is 43.6. The molecule has 2 aliphatic rings. The van der Waals surface area contributed by atoms with Gasteiger partial charge < -0.3 is 4.90 Å². The molecule has 1 fully saturated rings. The molecule has 65 heavy (non-hydrogen) atoms. The molecule has 13 rings (SSSR count). The summed E-state index contributed by atoms with van der Waals surface area (Å²) >= 11 is 0. The number of nitrogens with zero attached hydrogens (tertiary/aromatic N) is 1. The molecule has 11 aromatic rings. The van der Waals surface area contributed by atoms with Gasteiger partial charge in [-0.2, -0.15) is 0 Å². The smallest absolute Gasteiger partial charge is 0.0518 e. The number of fused-ring (bicyclic) bond motifs is 5. The second kappa shape index (κ2) is 14.1. The van der Waals surface area contributed by atoms with Crippen LogP contribution < -0.4 is 4.90 Å². The molecule has 1 aliphatic carbocycles. The maximum Gasteiger partial charge on any atom is 0.0518 e. The Labute approximate surface area is 382 Å². The van der Waals surface area contributed by atoms with E-state index < -0.39 is 0 Å². The third-order valence-corrected chi connectivity index (χ3v) is 16.2. The van der Waals surface area contributed by atoms with Crippen LogP contribution in [0.2, 0.25) is 0 Å². The van der Waals surface area contributed by atoms with Gasteiger partial charge in [-0.1, -0.05) is 177 Å². The van der Waals surface area contributed by atoms with E-state index in [1.54, 1.807) is 5.56 Å². The maximum atomic E-state index is 2.75. The molecule has 1 aliphatic heterocycles. The minimum absolute atomic E-state index is 0.0124. The van der Waals surface area contributed by atoms with E-state index in [1.165, 1.54) is 147 Å². The first-order valence-electron chi connectivity index (χ1n) is 23.6. The number of para-hydroxylation sites is 1. The van der Waals surface area contributed by atoms with E-state index in [-0.39, 0.29) is 11.0 Å². The summed E-state index contributed by atoms with van der Waals surface area (Å²) < 4.78 is 0. The number of aryl methyl sites for hydroxylation is 1. The number of benzene rings is 11. The Balaban J connectivity index is 1.19. The third-order valence-electron chi connectivity index (χ3n) is 16.2. The fourth-order valence-electron chi connectivity index (χ4n) is 13.1. The summed E-state index contributed by atoms with van der Waals surface area (Å²) in [6, 6.07) is 71.0. The summed E-state index contributed by atoms with van der Waals surface area (Å²) in [6.07, 6.45) is 4.86. The minimum atomic E-state index is -0.0360. The lowest BCUT2D eigenvalue weighted by Crippen LogP contribution is -2.54. The number of anilines is 2. The number of hydrogen-bond donors (Lipinski definition) is 0. The van der Waals surface area contributed by atoms with Crippen LogP contribution >= 0.6 is 0 Å². The lowest BCUT2D eigenvalue weighted by atomic mass is 9.60. The minimum Gasteiger partial charge on any atom is -0.334 e. The van der Waals surface area contributed by atoms with Gasteiger partial charge in [0.05, 0.1) is 5.54 Å². The zero-order valence-corrected chi connectivity index (χ0v) is 37.7. The predicted molar refractivity (Wildman–Crippen MR) is 279 cm³/mol. The Morgan fingerprint density at radius 3 is 1.48 bits per heavy atom. The molecule has 312 valence electrons. The molecular formula is C64H51N. The van der Waals surface area contributed by atoms with E-state index in [4.69, 9.17) is 0 Å². The highest BCUT2D eigenvalue weighted by atomic mass is 15.3. The van der Waals surface area contributed by atoms with Crippen LogP contribution in [0.4, 0.5) is 11.4 Å². The average Bonchev–Trinajstić information content (AvgIpc) is 3.58. The van der Waals surface area contributed by atoms with Crippen LogP contribution in [0.1, 0.15) is 56.2 Å². The van der Waals surface area contributed by atoms with Crippen molar-refractivity contribution in [3.8, 4) is 44.5 Å². The second-order valence-electron chi connectivity index (χ2n) is 19.5. The van der Waals surface area contributed by atoms with E-state index >= 15 is 0 Å². The molecule has 0 spiro atoms. The van der Waals surface area contributed by atoms with E-state index in [0.29, 0.717) is 0 Å². The summed E-state index contributed by atoms with van der Waals surface area (Å²) in [5.41, 5.74) is 17.2. The van der Waals surface area contributed by atoms with E-state index in [1.807, 2.05) is 0 Å². The summed E-state index contributed by atoms with van der Waals surface area (Å²) in [4.78, 5) is 2.75. The van der Waals surface area contributed by atoms with Gasteiger partial charge in [-0.3, -0.25) is 0 Å². The predicted octanol–water partition coefficient (Wildman–Crippen LogP) is 17.9. The Hall–Kier alpha value is -7.22. The largest absolute Gasteiger partial charge is 0.334 e. The molecule has 1 heteroatoms. The van der Waals surface area contributed by atoms with Gasteiger partial charge >= 0.3 is 0 Å². The zero-order valence-electron chi connectivity index (χ0n) is 37.7. The van der Waals surface area contributed by atoms with Crippen LogP contribution in [0.3, 0.4) is 0 Å². The van der Waals surface area contributed by atoms with Crippen molar-refractivity contribution < 1.29 is 0 Å². The van der Waals surface area contributed by atoms with Gasteiger partial charge in [0.2, 0.25) is 0 Å². The number of hydrogen-bond acceptors (Lipinski definition) is 1. The first-order chi connectivity index (χ1) is 31.8. The van der Waals surface area contributed by atoms with Crippen molar-refractivity contribution in [1.82, 2.24) is 0 Å². The SMILES string of the molecule is Cc1cc(-c2cc(-c3cccc4ccccc34)c3ccc4c(-c5ccccc5)cc(-c5cccc6ccccc56)c5ccc2c3c45)c(C)c2c1N(c1ccccc1)C1(C)CCCCC21C. The van der Waals surface area contributed by atoms with Crippen LogP contribution in [0.15, 0.2) is 188 Å². The van der Waals surface area contributed by atoms with Gasteiger partial charge in [0.15, 0.2) is 0 Å². The van der Waals surface area contributed by atoms with Crippen molar-refractivity contribution in [2.75, 3.05) is 4.90 Å².